The number of aliphatic carboxylic acids is 1. The quantitative estimate of drug-likeness (QED) is 0.401. The van der Waals surface area contributed by atoms with Crippen LogP contribution in [-0.2, 0) is 4.79 Å². The van der Waals surface area contributed by atoms with Gasteiger partial charge in [-0.15, -0.1) is 23.1 Å². The third-order valence-electron chi connectivity index (χ3n) is 3.30. The van der Waals surface area contributed by atoms with Crippen molar-refractivity contribution in [2.45, 2.75) is 24.8 Å². The van der Waals surface area contributed by atoms with Crippen molar-refractivity contribution < 1.29 is 9.90 Å². The summed E-state index contributed by atoms with van der Waals surface area (Å²) in [4.78, 5) is 21.8. The number of fused-ring (bicyclic) bond motifs is 1. The van der Waals surface area contributed by atoms with Crippen LogP contribution in [0.4, 0.5) is 0 Å². The number of nitrogens with zero attached hydrogens (tertiary/aromatic N) is 2. The van der Waals surface area contributed by atoms with E-state index >= 15 is 0 Å². The van der Waals surface area contributed by atoms with Crippen LogP contribution >= 0.6 is 23.1 Å². The number of carbonyl (C=O) groups is 1. The monoisotopic (exact) mass is 344 g/mol. The number of aryl methyl sites for hydroxylation is 1. The van der Waals surface area contributed by atoms with Crippen LogP contribution in [0.25, 0.3) is 20.7 Å². The summed E-state index contributed by atoms with van der Waals surface area (Å²) in [7, 11) is 0. The highest BCUT2D eigenvalue weighted by molar-refractivity contribution is 7.99. The molecule has 1 aromatic carbocycles. The Hall–Kier alpha value is -1.92. The average molecular weight is 344 g/mol. The Balaban J connectivity index is 1.88. The first-order valence-corrected chi connectivity index (χ1v) is 9.12. The summed E-state index contributed by atoms with van der Waals surface area (Å²) in [5.74, 6) is 0.741. The van der Waals surface area contributed by atoms with E-state index in [9.17, 15) is 4.79 Å². The highest BCUT2D eigenvalue weighted by atomic mass is 32.2. The van der Waals surface area contributed by atoms with E-state index in [1.807, 2.05) is 25.1 Å². The van der Waals surface area contributed by atoms with Crippen LogP contribution in [0.2, 0.25) is 0 Å². The van der Waals surface area contributed by atoms with Crippen molar-refractivity contribution in [2.75, 3.05) is 5.75 Å². The number of hydrogen-bond acceptors (Lipinski definition) is 5. The van der Waals surface area contributed by atoms with Crippen LogP contribution in [0.5, 0.6) is 0 Å². The van der Waals surface area contributed by atoms with Gasteiger partial charge < -0.3 is 5.11 Å². The molecule has 2 aromatic heterocycles. The summed E-state index contributed by atoms with van der Waals surface area (Å²) >= 11 is 3.27. The Kier molecular flexibility index (Phi) is 4.93. The fourth-order valence-electron chi connectivity index (χ4n) is 2.24. The predicted octanol–water partition coefficient (Wildman–Crippen LogP) is 4.62. The molecule has 3 rings (SSSR count). The van der Waals surface area contributed by atoms with Crippen molar-refractivity contribution in [3.8, 4) is 10.4 Å². The van der Waals surface area contributed by atoms with Crippen molar-refractivity contribution in [1.29, 1.82) is 0 Å². The maximum Gasteiger partial charge on any atom is 0.303 e. The van der Waals surface area contributed by atoms with Gasteiger partial charge in [-0.25, -0.2) is 9.97 Å². The second-order valence-electron chi connectivity index (χ2n) is 5.12. The lowest BCUT2D eigenvalue weighted by molar-refractivity contribution is -0.137. The van der Waals surface area contributed by atoms with E-state index in [1.54, 1.807) is 23.1 Å². The standard InChI is InChI=1S/C17H16N2O2S2/c1-11-18-16(22-9-5-8-15(20)21)13-10-14(23-17(13)19-11)12-6-3-2-4-7-12/h2-4,6-7,10H,5,8-9H2,1H3,(H,20,21). The molecule has 0 fully saturated rings. The zero-order chi connectivity index (χ0) is 16.2. The van der Waals surface area contributed by atoms with Crippen molar-refractivity contribution in [2.24, 2.45) is 0 Å². The van der Waals surface area contributed by atoms with Gasteiger partial charge in [-0.1, -0.05) is 30.3 Å². The molecule has 4 nitrogen and oxygen atoms in total. The zero-order valence-electron chi connectivity index (χ0n) is 12.7. The summed E-state index contributed by atoms with van der Waals surface area (Å²) in [5, 5.41) is 10.7. The SMILES string of the molecule is Cc1nc(SCCCC(=O)O)c2cc(-c3ccccc3)sc2n1. The first kappa shape index (κ1) is 16.0. The van der Waals surface area contributed by atoms with Gasteiger partial charge in [0.2, 0.25) is 0 Å². The molecule has 23 heavy (non-hydrogen) atoms. The molecule has 0 aliphatic carbocycles. The van der Waals surface area contributed by atoms with Crippen molar-refractivity contribution in [1.82, 2.24) is 9.97 Å². The smallest absolute Gasteiger partial charge is 0.303 e. The number of thiophene rings is 1. The number of hydrogen-bond donors (Lipinski definition) is 1. The van der Waals surface area contributed by atoms with Crippen LogP contribution in [-0.4, -0.2) is 26.8 Å². The Morgan fingerprint density at radius 2 is 2.04 bits per heavy atom. The maximum absolute atomic E-state index is 10.6. The van der Waals surface area contributed by atoms with Crippen LogP contribution in [0.15, 0.2) is 41.4 Å². The lowest BCUT2D eigenvalue weighted by Crippen LogP contribution is -1.96. The summed E-state index contributed by atoms with van der Waals surface area (Å²) in [6.45, 7) is 1.89. The molecule has 2 heterocycles. The van der Waals surface area contributed by atoms with E-state index in [2.05, 4.69) is 28.2 Å². The zero-order valence-corrected chi connectivity index (χ0v) is 14.3. The molecular weight excluding hydrogens is 328 g/mol. The third-order valence-corrected chi connectivity index (χ3v) is 5.46. The summed E-state index contributed by atoms with van der Waals surface area (Å²) < 4.78 is 0. The largest absolute Gasteiger partial charge is 0.481 e. The first-order valence-electron chi connectivity index (χ1n) is 7.31. The molecule has 0 saturated carbocycles. The highest BCUT2D eigenvalue weighted by Gasteiger charge is 2.12. The van der Waals surface area contributed by atoms with Gasteiger partial charge in [0, 0.05) is 22.4 Å². The van der Waals surface area contributed by atoms with Crippen molar-refractivity contribution >= 4 is 39.3 Å². The molecule has 6 heteroatoms. The molecule has 118 valence electrons. The third kappa shape index (κ3) is 3.89. The average Bonchev–Trinajstić information content (AvgIpc) is 2.96. The van der Waals surface area contributed by atoms with Crippen LogP contribution in [0.1, 0.15) is 18.7 Å². The van der Waals surface area contributed by atoms with E-state index in [-0.39, 0.29) is 6.42 Å². The lowest BCUT2D eigenvalue weighted by atomic mass is 10.2. The minimum Gasteiger partial charge on any atom is -0.481 e. The van der Waals surface area contributed by atoms with Gasteiger partial charge >= 0.3 is 5.97 Å². The Morgan fingerprint density at radius 3 is 2.78 bits per heavy atom. The number of benzene rings is 1. The fraction of sp³-hybridized carbons (Fsp3) is 0.235. The molecule has 0 spiro atoms. The van der Waals surface area contributed by atoms with E-state index < -0.39 is 5.97 Å². The molecular formula is C17H16N2O2S2. The van der Waals surface area contributed by atoms with Gasteiger partial charge in [-0.05, 0) is 25.0 Å². The Morgan fingerprint density at radius 1 is 1.26 bits per heavy atom. The molecule has 0 saturated heterocycles. The van der Waals surface area contributed by atoms with Crippen LogP contribution < -0.4 is 0 Å². The molecule has 0 atom stereocenters. The van der Waals surface area contributed by atoms with Gasteiger partial charge in [-0.2, -0.15) is 0 Å². The summed E-state index contributed by atoms with van der Waals surface area (Å²) in [5.41, 5.74) is 1.18. The minimum absolute atomic E-state index is 0.194. The van der Waals surface area contributed by atoms with Gasteiger partial charge in [-0.3, -0.25) is 4.79 Å². The maximum atomic E-state index is 10.6. The van der Waals surface area contributed by atoms with Gasteiger partial charge in [0.1, 0.15) is 15.7 Å². The molecule has 0 unspecified atom stereocenters. The van der Waals surface area contributed by atoms with Crippen molar-refractivity contribution in [3.05, 3.63) is 42.2 Å². The molecule has 0 aliphatic rings. The normalized spacial score (nSPS) is 11.0. The first-order chi connectivity index (χ1) is 11.1. The van der Waals surface area contributed by atoms with Gasteiger partial charge in [0.25, 0.3) is 0 Å². The second-order valence-corrected chi connectivity index (χ2v) is 7.23. The number of rotatable bonds is 6. The molecule has 0 bridgehead atoms. The van der Waals surface area contributed by atoms with Crippen molar-refractivity contribution in [3.63, 3.8) is 0 Å². The Labute approximate surface area is 142 Å². The predicted molar refractivity (Wildman–Crippen MR) is 95.2 cm³/mol. The molecule has 1 N–H and O–H groups in total. The second kappa shape index (κ2) is 7.10. The number of carboxylic acids is 1. The molecule has 3 aromatic rings. The highest BCUT2D eigenvalue weighted by Crippen LogP contribution is 2.36. The van der Waals surface area contributed by atoms with Crippen LogP contribution in [0, 0.1) is 6.92 Å². The number of aromatic nitrogens is 2. The van der Waals surface area contributed by atoms with E-state index in [0.29, 0.717) is 6.42 Å². The number of thioether (sulfide) groups is 1. The van der Waals surface area contributed by atoms with Crippen LogP contribution in [0.3, 0.4) is 0 Å². The van der Waals surface area contributed by atoms with E-state index in [1.165, 1.54) is 10.4 Å². The number of carboxylic acid groups (broad SMARTS) is 1. The molecule has 0 radical (unpaired) electrons. The van der Waals surface area contributed by atoms with Gasteiger partial charge in [0.05, 0.1) is 0 Å². The minimum atomic E-state index is -0.753. The molecule has 0 amide bonds. The fourth-order valence-corrected chi connectivity index (χ4v) is 4.38. The van der Waals surface area contributed by atoms with E-state index in [0.717, 1.165) is 26.8 Å². The topological polar surface area (TPSA) is 63.1 Å². The molecule has 0 aliphatic heterocycles. The van der Waals surface area contributed by atoms with Gasteiger partial charge in [0.15, 0.2) is 0 Å². The van der Waals surface area contributed by atoms with E-state index in [4.69, 9.17) is 5.11 Å². The lowest BCUT2D eigenvalue weighted by Gasteiger charge is -2.02. The summed E-state index contributed by atoms with van der Waals surface area (Å²) in [6.07, 6.45) is 0.833. The Bertz CT molecular complexity index is 831. The summed E-state index contributed by atoms with van der Waals surface area (Å²) in [6, 6.07) is 12.4.